The van der Waals surface area contributed by atoms with Crippen LogP contribution in [0.4, 0.5) is 10.1 Å². The fourth-order valence-corrected chi connectivity index (χ4v) is 1.63. The summed E-state index contributed by atoms with van der Waals surface area (Å²) in [5.41, 5.74) is 0.707. The van der Waals surface area contributed by atoms with Crippen molar-refractivity contribution in [2.24, 2.45) is 7.05 Å². The third kappa shape index (κ3) is 2.80. The smallest absolute Gasteiger partial charge is 0.167 e. The van der Waals surface area contributed by atoms with Crippen molar-refractivity contribution in [2.45, 2.75) is 13.5 Å². The Morgan fingerprint density at radius 1 is 1.44 bits per heavy atom. The number of rotatable bonds is 5. The van der Waals surface area contributed by atoms with Gasteiger partial charge in [-0.2, -0.15) is 0 Å². The number of benzene rings is 1. The zero-order valence-corrected chi connectivity index (χ0v) is 10.5. The van der Waals surface area contributed by atoms with E-state index in [2.05, 4.69) is 10.3 Å². The van der Waals surface area contributed by atoms with Gasteiger partial charge in [0.25, 0.3) is 0 Å². The summed E-state index contributed by atoms with van der Waals surface area (Å²) in [5, 5.41) is 3.12. The van der Waals surface area contributed by atoms with Crippen LogP contribution in [0.3, 0.4) is 0 Å². The van der Waals surface area contributed by atoms with E-state index in [9.17, 15) is 4.39 Å². The van der Waals surface area contributed by atoms with Crippen molar-refractivity contribution in [3.05, 3.63) is 42.2 Å². The van der Waals surface area contributed by atoms with E-state index in [4.69, 9.17) is 4.74 Å². The first kappa shape index (κ1) is 12.4. The standard InChI is InChI=1S/C13H16FN3O/c1-3-18-12-5-4-10(8-11(12)14)16-9-13-15-6-7-17(13)2/h4-8,16H,3,9H2,1-2H3. The number of nitrogens with zero attached hydrogens (tertiary/aromatic N) is 2. The van der Waals surface area contributed by atoms with Gasteiger partial charge in [-0.15, -0.1) is 0 Å². The summed E-state index contributed by atoms with van der Waals surface area (Å²) < 4.78 is 20.7. The topological polar surface area (TPSA) is 39.1 Å². The van der Waals surface area contributed by atoms with Crippen LogP contribution in [0.25, 0.3) is 0 Å². The van der Waals surface area contributed by atoms with Crippen LogP contribution in [-0.2, 0) is 13.6 Å². The minimum Gasteiger partial charge on any atom is -0.491 e. The highest BCUT2D eigenvalue weighted by molar-refractivity contribution is 5.47. The molecule has 1 aromatic heterocycles. The van der Waals surface area contributed by atoms with E-state index in [0.29, 0.717) is 18.8 Å². The molecule has 0 aliphatic heterocycles. The van der Waals surface area contributed by atoms with Crippen molar-refractivity contribution in [3.8, 4) is 5.75 Å². The second-order valence-electron chi connectivity index (χ2n) is 3.89. The van der Waals surface area contributed by atoms with Crippen molar-refractivity contribution in [1.82, 2.24) is 9.55 Å². The molecule has 0 unspecified atom stereocenters. The van der Waals surface area contributed by atoms with Gasteiger partial charge in [-0.25, -0.2) is 9.37 Å². The molecule has 2 rings (SSSR count). The molecule has 0 atom stereocenters. The minimum absolute atomic E-state index is 0.278. The van der Waals surface area contributed by atoms with Crippen LogP contribution in [0, 0.1) is 5.82 Å². The predicted octanol–water partition coefficient (Wildman–Crippen LogP) is 2.57. The molecule has 1 heterocycles. The molecule has 0 aliphatic rings. The Balaban J connectivity index is 2.02. The van der Waals surface area contributed by atoms with Crippen LogP contribution in [0.1, 0.15) is 12.7 Å². The molecule has 0 saturated carbocycles. The van der Waals surface area contributed by atoms with Crippen LogP contribution < -0.4 is 10.1 Å². The van der Waals surface area contributed by atoms with E-state index in [1.807, 2.05) is 24.7 Å². The summed E-state index contributed by atoms with van der Waals surface area (Å²) in [7, 11) is 1.92. The number of aromatic nitrogens is 2. The van der Waals surface area contributed by atoms with E-state index in [0.717, 1.165) is 5.82 Å². The Bertz CT molecular complexity index is 525. The lowest BCUT2D eigenvalue weighted by atomic mass is 10.3. The van der Waals surface area contributed by atoms with Crippen LogP contribution in [0.5, 0.6) is 5.75 Å². The first-order chi connectivity index (χ1) is 8.70. The summed E-state index contributed by atoms with van der Waals surface area (Å²) in [6.07, 6.45) is 3.60. The number of anilines is 1. The highest BCUT2D eigenvalue weighted by Crippen LogP contribution is 2.21. The first-order valence-electron chi connectivity index (χ1n) is 5.83. The molecular weight excluding hydrogens is 233 g/mol. The zero-order chi connectivity index (χ0) is 13.0. The van der Waals surface area contributed by atoms with Crippen LogP contribution in [-0.4, -0.2) is 16.2 Å². The summed E-state index contributed by atoms with van der Waals surface area (Å²) >= 11 is 0. The summed E-state index contributed by atoms with van der Waals surface area (Å²) in [4.78, 5) is 4.18. The van der Waals surface area contributed by atoms with Gasteiger partial charge in [0.2, 0.25) is 0 Å². The summed E-state index contributed by atoms with van der Waals surface area (Å²) in [6.45, 7) is 2.83. The quantitative estimate of drug-likeness (QED) is 0.885. The molecule has 96 valence electrons. The largest absolute Gasteiger partial charge is 0.491 e. The Morgan fingerprint density at radius 3 is 2.89 bits per heavy atom. The van der Waals surface area contributed by atoms with Crippen LogP contribution in [0.15, 0.2) is 30.6 Å². The molecule has 0 saturated heterocycles. The van der Waals surface area contributed by atoms with Crippen molar-refractivity contribution < 1.29 is 9.13 Å². The predicted molar refractivity (Wildman–Crippen MR) is 68.1 cm³/mol. The van der Waals surface area contributed by atoms with Gasteiger partial charge in [-0.3, -0.25) is 0 Å². The Hall–Kier alpha value is -2.04. The summed E-state index contributed by atoms with van der Waals surface area (Å²) in [6, 6.07) is 4.84. The number of ether oxygens (including phenoxy) is 1. The van der Waals surface area contributed by atoms with Crippen molar-refractivity contribution in [1.29, 1.82) is 0 Å². The van der Waals surface area contributed by atoms with Gasteiger partial charge in [-0.05, 0) is 19.1 Å². The Morgan fingerprint density at radius 2 is 2.28 bits per heavy atom. The van der Waals surface area contributed by atoms with Crippen molar-refractivity contribution >= 4 is 5.69 Å². The second-order valence-corrected chi connectivity index (χ2v) is 3.89. The van der Waals surface area contributed by atoms with Gasteiger partial charge in [0.05, 0.1) is 13.2 Å². The molecule has 0 spiro atoms. The maximum absolute atomic E-state index is 13.6. The van der Waals surface area contributed by atoms with E-state index < -0.39 is 0 Å². The number of halogens is 1. The second kappa shape index (κ2) is 5.53. The molecule has 0 radical (unpaired) electrons. The maximum Gasteiger partial charge on any atom is 0.167 e. The molecule has 2 aromatic rings. The summed E-state index contributed by atoms with van der Waals surface area (Å²) in [5.74, 6) is 0.811. The van der Waals surface area contributed by atoms with E-state index in [1.54, 1.807) is 18.3 Å². The van der Waals surface area contributed by atoms with Gasteiger partial charge >= 0.3 is 0 Å². The molecule has 1 N–H and O–H groups in total. The molecule has 0 bridgehead atoms. The fourth-order valence-electron chi connectivity index (χ4n) is 1.63. The van der Waals surface area contributed by atoms with E-state index in [1.165, 1.54) is 6.07 Å². The van der Waals surface area contributed by atoms with Gasteiger partial charge in [0.1, 0.15) is 5.82 Å². The highest BCUT2D eigenvalue weighted by atomic mass is 19.1. The third-order valence-corrected chi connectivity index (χ3v) is 2.60. The number of hydrogen-bond donors (Lipinski definition) is 1. The van der Waals surface area contributed by atoms with Crippen LogP contribution >= 0.6 is 0 Å². The average molecular weight is 249 g/mol. The van der Waals surface area contributed by atoms with Gasteiger partial charge in [-0.1, -0.05) is 0 Å². The fraction of sp³-hybridized carbons (Fsp3) is 0.308. The maximum atomic E-state index is 13.6. The molecule has 0 aliphatic carbocycles. The first-order valence-corrected chi connectivity index (χ1v) is 5.83. The lowest BCUT2D eigenvalue weighted by Crippen LogP contribution is -2.06. The molecule has 0 fully saturated rings. The Kier molecular flexibility index (Phi) is 3.82. The molecular formula is C13H16FN3O. The van der Waals surface area contributed by atoms with E-state index >= 15 is 0 Å². The lowest BCUT2D eigenvalue weighted by Gasteiger charge is -2.09. The number of aryl methyl sites for hydroxylation is 1. The van der Waals surface area contributed by atoms with Gasteiger partial charge < -0.3 is 14.6 Å². The van der Waals surface area contributed by atoms with Gasteiger partial charge in [0, 0.05) is 31.2 Å². The number of nitrogens with one attached hydrogen (secondary N) is 1. The van der Waals surface area contributed by atoms with Crippen molar-refractivity contribution in [2.75, 3.05) is 11.9 Å². The molecule has 1 aromatic carbocycles. The third-order valence-electron chi connectivity index (χ3n) is 2.60. The Labute approximate surface area is 105 Å². The van der Waals surface area contributed by atoms with Crippen LogP contribution in [0.2, 0.25) is 0 Å². The number of hydrogen-bond acceptors (Lipinski definition) is 3. The normalized spacial score (nSPS) is 10.4. The van der Waals surface area contributed by atoms with E-state index in [-0.39, 0.29) is 11.6 Å². The van der Waals surface area contributed by atoms with Crippen molar-refractivity contribution in [3.63, 3.8) is 0 Å². The average Bonchev–Trinajstić information content (AvgIpc) is 2.76. The lowest BCUT2D eigenvalue weighted by molar-refractivity contribution is 0.321. The molecule has 0 amide bonds. The number of imidazole rings is 1. The minimum atomic E-state index is -0.360. The highest BCUT2D eigenvalue weighted by Gasteiger charge is 2.05. The molecule has 5 heteroatoms. The van der Waals surface area contributed by atoms with Gasteiger partial charge in [0.15, 0.2) is 11.6 Å². The molecule has 4 nitrogen and oxygen atoms in total. The SMILES string of the molecule is CCOc1ccc(NCc2nccn2C)cc1F. The zero-order valence-electron chi connectivity index (χ0n) is 10.5. The monoisotopic (exact) mass is 249 g/mol. The molecule has 18 heavy (non-hydrogen) atoms.